The van der Waals surface area contributed by atoms with Gasteiger partial charge >= 0.3 is 15.6 Å². The molecule has 0 saturated heterocycles. The third-order valence-corrected chi connectivity index (χ3v) is 3.20. The lowest BCUT2D eigenvalue weighted by Gasteiger charge is -2.17. The van der Waals surface area contributed by atoms with Crippen molar-refractivity contribution in [3.05, 3.63) is 35.6 Å². The molecule has 1 atom stereocenters. The molecule has 0 aliphatic rings. The largest absolute Gasteiger partial charge is 0.523 e. The fraction of sp³-hybridized carbons (Fsp3) is 0.400. The van der Waals surface area contributed by atoms with Crippen molar-refractivity contribution in [2.24, 2.45) is 0 Å². The van der Waals surface area contributed by atoms with Crippen LogP contribution in [0.5, 0.6) is 0 Å². The highest BCUT2D eigenvalue weighted by Crippen LogP contribution is 2.32. The Labute approximate surface area is 102 Å². The molecule has 0 radical (unpaired) electrons. The first kappa shape index (κ1) is 14.9. The van der Waals surface area contributed by atoms with E-state index < -0.39 is 27.5 Å². The van der Waals surface area contributed by atoms with E-state index >= 15 is 0 Å². The lowest BCUT2D eigenvalue weighted by molar-refractivity contribution is -0.0577. The molecule has 1 aromatic rings. The maximum Gasteiger partial charge on any atom is 0.523 e. The molecule has 0 aliphatic carbocycles. The van der Waals surface area contributed by atoms with Gasteiger partial charge in [-0.05, 0) is 12.5 Å². The Morgan fingerprint density at radius 2 is 1.83 bits per heavy atom. The molecular formula is C10H10F4O3S. The molecule has 1 rings (SSSR count). The zero-order valence-corrected chi connectivity index (χ0v) is 10.1. The van der Waals surface area contributed by atoms with Crippen LogP contribution in [0.3, 0.4) is 0 Å². The Kier molecular flexibility index (Phi) is 4.33. The maximum absolute atomic E-state index is 13.3. The van der Waals surface area contributed by atoms with Gasteiger partial charge in [-0.3, -0.25) is 4.18 Å². The molecule has 1 unspecified atom stereocenters. The molecule has 8 heteroatoms. The Hall–Kier alpha value is -1.15. The lowest BCUT2D eigenvalue weighted by Crippen LogP contribution is -2.27. The third kappa shape index (κ3) is 3.20. The minimum absolute atomic E-state index is 0.115. The van der Waals surface area contributed by atoms with Crippen LogP contribution in [0.25, 0.3) is 0 Å². The smallest absolute Gasteiger partial charge is 0.255 e. The number of benzene rings is 1. The first-order chi connectivity index (χ1) is 8.19. The molecule has 0 spiro atoms. The van der Waals surface area contributed by atoms with Gasteiger partial charge in [-0.2, -0.15) is 21.6 Å². The molecule has 0 N–H and O–H groups in total. The molecule has 0 saturated carbocycles. The van der Waals surface area contributed by atoms with Crippen LogP contribution in [0, 0.1) is 5.82 Å². The standard InChI is InChI=1S/C10H10F4O3S/c1-2-9(7-5-3-4-6-8(7)11)17-18(15,16)10(12,13)14/h3-6,9H,2H2,1H3. The topological polar surface area (TPSA) is 43.4 Å². The summed E-state index contributed by atoms with van der Waals surface area (Å²) >= 11 is 0. The van der Waals surface area contributed by atoms with Gasteiger partial charge in [0.15, 0.2) is 0 Å². The molecule has 0 aliphatic heterocycles. The van der Waals surface area contributed by atoms with Gasteiger partial charge in [-0.25, -0.2) is 4.39 Å². The Morgan fingerprint density at radius 1 is 1.28 bits per heavy atom. The molecule has 0 fully saturated rings. The molecule has 102 valence electrons. The summed E-state index contributed by atoms with van der Waals surface area (Å²) in [6.45, 7) is 1.39. The van der Waals surface area contributed by atoms with Crippen molar-refractivity contribution >= 4 is 10.1 Å². The van der Waals surface area contributed by atoms with Crippen LogP contribution in [-0.2, 0) is 14.3 Å². The average molecular weight is 286 g/mol. The summed E-state index contributed by atoms with van der Waals surface area (Å²) in [5, 5.41) is 0. The van der Waals surface area contributed by atoms with Crippen LogP contribution in [0.1, 0.15) is 25.0 Å². The lowest BCUT2D eigenvalue weighted by atomic mass is 10.1. The van der Waals surface area contributed by atoms with Gasteiger partial charge in [-0.15, -0.1) is 0 Å². The van der Waals surface area contributed by atoms with E-state index in [2.05, 4.69) is 4.18 Å². The monoisotopic (exact) mass is 286 g/mol. The van der Waals surface area contributed by atoms with Crippen LogP contribution >= 0.6 is 0 Å². The maximum atomic E-state index is 13.3. The van der Waals surface area contributed by atoms with Gasteiger partial charge in [0.05, 0.1) is 0 Å². The van der Waals surface area contributed by atoms with E-state index in [1.165, 1.54) is 25.1 Å². The quantitative estimate of drug-likeness (QED) is 0.485. The van der Waals surface area contributed by atoms with E-state index in [4.69, 9.17) is 0 Å². The van der Waals surface area contributed by atoms with Gasteiger partial charge in [-0.1, -0.05) is 25.1 Å². The molecular weight excluding hydrogens is 276 g/mol. The Bertz CT molecular complexity index is 510. The number of alkyl halides is 3. The van der Waals surface area contributed by atoms with Crippen molar-refractivity contribution in [1.82, 2.24) is 0 Å². The zero-order valence-electron chi connectivity index (χ0n) is 9.24. The third-order valence-electron chi connectivity index (χ3n) is 2.15. The molecule has 18 heavy (non-hydrogen) atoms. The van der Waals surface area contributed by atoms with E-state index in [1.807, 2.05) is 0 Å². The van der Waals surface area contributed by atoms with E-state index in [9.17, 15) is 26.0 Å². The summed E-state index contributed by atoms with van der Waals surface area (Å²) in [5.74, 6) is -0.818. The van der Waals surface area contributed by atoms with Crippen molar-refractivity contribution in [3.63, 3.8) is 0 Å². The fourth-order valence-electron chi connectivity index (χ4n) is 1.28. The number of hydrogen-bond acceptors (Lipinski definition) is 3. The second kappa shape index (κ2) is 5.23. The Morgan fingerprint density at radius 3 is 2.28 bits per heavy atom. The van der Waals surface area contributed by atoms with E-state index in [0.717, 1.165) is 6.07 Å². The van der Waals surface area contributed by atoms with Crippen LogP contribution in [0.15, 0.2) is 24.3 Å². The summed E-state index contributed by atoms with van der Waals surface area (Å²) in [4.78, 5) is 0. The molecule has 0 aromatic heterocycles. The van der Waals surface area contributed by atoms with Gasteiger partial charge in [0.2, 0.25) is 0 Å². The van der Waals surface area contributed by atoms with Gasteiger partial charge in [0.25, 0.3) is 0 Å². The van der Waals surface area contributed by atoms with Crippen molar-refractivity contribution in [3.8, 4) is 0 Å². The van der Waals surface area contributed by atoms with E-state index in [1.54, 1.807) is 0 Å². The first-order valence-corrected chi connectivity index (χ1v) is 6.34. The predicted molar refractivity (Wildman–Crippen MR) is 55.5 cm³/mol. The highest BCUT2D eigenvalue weighted by atomic mass is 32.2. The van der Waals surface area contributed by atoms with Gasteiger partial charge in [0.1, 0.15) is 11.9 Å². The average Bonchev–Trinajstić information content (AvgIpc) is 2.25. The van der Waals surface area contributed by atoms with E-state index in [0.29, 0.717) is 0 Å². The van der Waals surface area contributed by atoms with E-state index in [-0.39, 0.29) is 12.0 Å². The summed E-state index contributed by atoms with van der Waals surface area (Å²) in [6, 6.07) is 4.91. The summed E-state index contributed by atoms with van der Waals surface area (Å²) in [5.41, 5.74) is -5.75. The second-order valence-corrected chi connectivity index (χ2v) is 4.98. The molecule has 0 bridgehead atoms. The highest BCUT2D eigenvalue weighted by Gasteiger charge is 2.48. The normalized spacial score (nSPS) is 14.5. The number of rotatable bonds is 4. The second-order valence-electron chi connectivity index (χ2n) is 3.41. The highest BCUT2D eigenvalue weighted by molar-refractivity contribution is 7.87. The van der Waals surface area contributed by atoms with Gasteiger partial charge in [0, 0.05) is 5.56 Å². The van der Waals surface area contributed by atoms with Crippen molar-refractivity contribution < 1.29 is 30.2 Å². The minimum Gasteiger partial charge on any atom is -0.255 e. The van der Waals surface area contributed by atoms with Crippen molar-refractivity contribution in [1.29, 1.82) is 0 Å². The van der Waals surface area contributed by atoms with Crippen molar-refractivity contribution in [2.75, 3.05) is 0 Å². The number of hydrogen-bond donors (Lipinski definition) is 0. The Balaban J connectivity index is 3.05. The van der Waals surface area contributed by atoms with Crippen LogP contribution < -0.4 is 0 Å². The SMILES string of the molecule is CCC(OS(=O)(=O)C(F)(F)F)c1ccccc1F. The first-order valence-electron chi connectivity index (χ1n) is 4.93. The molecule has 1 aromatic carbocycles. The van der Waals surface area contributed by atoms with Crippen molar-refractivity contribution in [2.45, 2.75) is 25.0 Å². The van der Waals surface area contributed by atoms with Crippen LogP contribution in [-0.4, -0.2) is 13.9 Å². The zero-order chi connectivity index (χ0) is 14.0. The molecule has 0 heterocycles. The minimum atomic E-state index is -5.74. The van der Waals surface area contributed by atoms with Crippen LogP contribution in [0.4, 0.5) is 17.6 Å². The van der Waals surface area contributed by atoms with Gasteiger partial charge < -0.3 is 0 Å². The summed E-state index contributed by atoms with van der Waals surface area (Å²) < 4.78 is 75.5. The fourth-order valence-corrected chi connectivity index (χ4v) is 1.94. The summed E-state index contributed by atoms with van der Waals surface area (Å²) in [7, 11) is -5.74. The van der Waals surface area contributed by atoms with Crippen LogP contribution in [0.2, 0.25) is 0 Å². The number of halogens is 4. The predicted octanol–water partition coefficient (Wildman–Crippen LogP) is 3.14. The molecule has 3 nitrogen and oxygen atoms in total. The summed E-state index contributed by atoms with van der Waals surface area (Å²) in [6.07, 6.45) is -1.62. The molecule has 0 amide bonds.